The molecular weight excluding hydrogens is 391 g/mol. The van der Waals surface area contributed by atoms with E-state index in [1.807, 2.05) is 6.92 Å². The summed E-state index contributed by atoms with van der Waals surface area (Å²) < 4.78 is 31.2. The average Bonchev–Trinajstić information content (AvgIpc) is 2.76. The number of halogens is 1. The minimum atomic E-state index is -0.551. The molecule has 0 atom stereocenters. The molecule has 0 spiro atoms. The summed E-state index contributed by atoms with van der Waals surface area (Å²) in [6, 6.07) is 6.01. The van der Waals surface area contributed by atoms with Gasteiger partial charge in [0.1, 0.15) is 11.3 Å². The molecule has 158 valence electrons. The van der Waals surface area contributed by atoms with E-state index in [2.05, 4.69) is 15.5 Å². The zero-order valence-corrected chi connectivity index (χ0v) is 17.2. The molecule has 0 saturated carbocycles. The summed E-state index contributed by atoms with van der Waals surface area (Å²) in [6.45, 7) is 2.41. The third-order valence-corrected chi connectivity index (χ3v) is 4.65. The van der Waals surface area contributed by atoms with Gasteiger partial charge in [-0.2, -0.15) is 0 Å². The van der Waals surface area contributed by atoms with Crippen molar-refractivity contribution in [3.05, 3.63) is 35.8 Å². The van der Waals surface area contributed by atoms with Crippen LogP contribution in [0.2, 0.25) is 0 Å². The Balaban J connectivity index is 2.27. The second kappa shape index (κ2) is 8.81. The van der Waals surface area contributed by atoms with Crippen molar-refractivity contribution >= 4 is 22.5 Å². The third-order valence-electron chi connectivity index (χ3n) is 4.65. The predicted molar refractivity (Wildman–Crippen MR) is 112 cm³/mol. The highest BCUT2D eigenvalue weighted by molar-refractivity contribution is 6.08. The van der Waals surface area contributed by atoms with Crippen molar-refractivity contribution in [3.63, 3.8) is 0 Å². The predicted octanol–water partition coefficient (Wildman–Crippen LogP) is 3.18. The van der Waals surface area contributed by atoms with Gasteiger partial charge in [0.25, 0.3) is 5.91 Å². The lowest BCUT2D eigenvalue weighted by Gasteiger charge is -2.17. The fraction of sp³-hybridized carbons (Fsp3) is 0.286. The van der Waals surface area contributed by atoms with Crippen molar-refractivity contribution < 1.29 is 23.4 Å². The molecule has 1 heterocycles. The Morgan fingerprint density at radius 3 is 2.43 bits per heavy atom. The number of benzene rings is 2. The van der Waals surface area contributed by atoms with E-state index >= 15 is 0 Å². The number of anilines is 1. The van der Waals surface area contributed by atoms with Crippen LogP contribution < -0.4 is 25.3 Å². The van der Waals surface area contributed by atoms with Crippen LogP contribution in [0.1, 0.15) is 23.8 Å². The number of carbonyl (C=O) groups is 1. The Morgan fingerprint density at radius 2 is 1.80 bits per heavy atom. The van der Waals surface area contributed by atoms with E-state index in [-0.39, 0.29) is 28.2 Å². The monoisotopic (exact) mass is 414 g/mol. The molecule has 0 aliphatic rings. The fourth-order valence-electron chi connectivity index (χ4n) is 3.21. The maximum atomic E-state index is 15.0. The normalized spacial score (nSPS) is 10.7. The fourth-order valence-corrected chi connectivity index (χ4v) is 3.21. The third kappa shape index (κ3) is 3.54. The molecule has 2 aromatic carbocycles. The highest BCUT2D eigenvalue weighted by Gasteiger charge is 2.24. The molecule has 0 unspecified atom stereocenters. The van der Waals surface area contributed by atoms with Gasteiger partial charge >= 0.3 is 0 Å². The van der Waals surface area contributed by atoms with Crippen molar-refractivity contribution in [1.82, 2.24) is 15.5 Å². The maximum Gasteiger partial charge on any atom is 0.273 e. The molecule has 8 nitrogen and oxygen atoms in total. The van der Waals surface area contributed by atoms with Crippen molar-refractivity contribution in [1.29, 1.82) is 0 Å². The molecule has 3 aromatic rings. The Bertz CT molecular complexity index is 1100. The van der Waals surface area contributed by atoms with Gasteiger partial charge in [0.2, 0.25) is 5.75 Å². The van der Waals surface area contributed by atoms with E-state index < -0.39 is 11.7 Å². The number of carbonyl (C=O) groups excluding carboxylic acids is 1. The summed E-state index contributed by atoms with van der Waals surface area (Å²) in [5.41, 5.74) is 7.03. The summed E-state index contributed by atoms with van der Waals surface area (Å²) in [5.74, 6) is 0.0289. The number of hydrogen-bond donors (Lipinski definition) is 2. The van der Waals surface area contributed by atoms with Crippen molar-refractivity contribution in [2.45, 2.75) is 13.3 Å². The molecule has 3 rings (SSSR count). The minimum Gasteiger partial charge on any atom is -0.493 e. The molecule has 30 heavy (non-hydrogen) atoms. The lowest BCUT2D eigenvalue weighted by atomic mass is 9.98. The standard InChI is InChI=1S/C21H23FN4O4/c1-5-10-24-21(27)18-16(23)12-6-8-13(22)15(17(12)25-26-18)11-7-9-14(28-2)20(30-4)19(11)29-3/h6-9H,5,10H2,1-4H3,(H2,23,25)(H,24,27). The smallest absolute Gasteiger partial charge is 0.273 e. The number of amides is 1. The van der Waals surface area contributed by atoms with Crippen LogP contribution in [0.25, 0.3) is 22.0 Å². The zero-order chi connectivity index (χ0) is 21.8. The Labute approximate surface area is 173 Å². The van der Waals surface area contributed by atoms with Crippen LogP contribution in [-0.4, -0.2) is 44.0 Å². The second-order valence-electron chi connectivity index (χ2n) is 6.42. The van der Waals surface area contributed by atoms with Gasteiger partial charge in [0.05, 0.1) is 27.0 Å². The van der Waals surface area contributed by atoms with Gasteiger partial charge in [-0.05, 0) is 30.7 Å². The number of nitrogen functional groups attached to an aromatic ring is 1. The van der Waals surface area contributed by atoms with Crippen LogP contribution >= 0.6 is 0 Å². The first-order valence-electron chi connectivity index (χ1n) is 9.30. The molecule has 1 amide bonds. The Kier molecular flexibility index (Phi) is 6.20. The number of rotatable bonds is 7. The summed E-state index contributed by atoms with van der Waals surface area (Å²) in [6.07, 6.45) is 0.765. The average molecular weight is 414 g/mol. The molecule has 0 bridgehead atoms. The topological polar surface area (TPSA) is 109 Å². The molecule has 0 aliphatic heterocycles. The summed E-state index contributed by atoms with van der Waals surface area (Å²) in [7, 11) is 4.40. The second-order valence-corrected chi connectivity index (χ2v) is 6.42. The number of nitrogens with one attached hydrogen (secondary N) is 1. The number of ether oxygens (including phenoxy) is 3. The summed E-state index contributed by atoms with van der Waals surface area (Å²) in [4.78, 5) is 12.3. The number of hydrogen-bond acceptors (Lipinski definition) is 7. The van der Waals surface area contributed by atoms with Crippen molar-refractivity contribution in [2.24, 2.45) is 0 Å². The number of nitrogens with two attached hydrogens (primary N) is 1. The quantitative estimate of drug-likeness (QED) is 0.611. The zero-order valence-electron chi connectivity index (χ0n) is 17.2. The largest absolute Gasteiger partial charge is 0.493 e. The molecular formula is C21H23FN4O4. The van der Waals surface area contributed by atoms with Crippen LogP contribution in [0, 0.1) is 5.82 Å². The first-order valence-corrected chi connectivity index (χ1v) is 9.30. The molecule has 9 heteroatoms. The Hall–Kier alpha value is -3.62. The maximum absolute atomic E-state index is 15.0. The minimum absolute atomic E-state index is 0.00668. The number of methoxy groups -OCH3 is 3. The first kappa shape index (κ1) is 21.1. The van der Waals surface area contributed by atoms with Gasteiger partial charge in [-0.3, -0.25) is 4.79 Å². The first-order chi connectivity index (χ1) is 14.5. The molecule has 0 radical (unpaired) electrons. The molecule has 0 fully saturated rings. The SMILES string of the molecule is CCCNC(=O)c1nnc2c(-c3ccc(OC)c(OC)c3OC)c(F)ccc2c1N. The van der Waals surface area contributed by atoms with E-state index in [9.17, 15) is 9.18 Å². The number of aromatic nitrogens is 2. The molecule has 0 aliphatic carbocycles. The van der Waals surface area contributed by atoms with Crippen LogP contribution in [-0.2, 0) is 0 Å². The van der Waals surface area contributed by atoms with E-state index in [1.165, 1.54) is 33.5 Å². The number of nitrogens with zero attached hydrogens (tertiary/aromatic N) is 2. The van der Waals surface area contributed by atoms with E-state index in [0.29, 0.717) is 29.0 Å². The van der Waals surface area contributed by atoms with Crippen LogP contribution in [0.3, 0.4) is 0 Å². The van der Waals surface area contributed by atoms with E-state index in [1.54, 1.807) is 12.1 Å². The van der Waals surface area contributed by atoms with Gasteiger partial charge in [-0.1, -0.05) is 6.92 Å². The number of fused-ring (bicyclic) bond motifs is 1. The van der Waals surface area contributed by atoms with Crippen LogP contribution in [0.4, 0.5) is 10.1 Å². The van der Waals surface area contributed by atoms with Crippen molar-refractivity contribution in [2.75, 3.05) is 33.6 Å². The molecule has 1 aromatic heterocycles. The lowest BCUT2D eigenvalue weighted by Crippen LogP contribution is -2.26. The van der Waals surface area contributed by atoms with Gasteiger partial charge in [0, 0.05) is 23.1 Å². The lowest BCUT2D eigenvalue weighted by molar-refractivity contribution is 0.0949. The Morgan fingerprint density at radius 1 is 1.07 bits per heavy atom. The summed E-state index contributed by atoms with van der Waals surface area (Å²) in [5, 5.41) is 11.2. The van der Waals surface area contributed by atoms with Crippen LogP contribution in [0.15, 0.2) is 24.3 Å². The molecule has 0 saturated heterocycles. The van der Waals surface area contributed by atoms with Gasteiger partial charge in [-0.15, -0.1) is 10.2 Å². The summed E-state index contributed by atoms with van der Waals surface area (Å²) >= 11 is 0. The van der Waals surface area contributed by atoms with Crippen molar-refractivity contribution in [3.8, 4) is 28.4 Å². The van der Waals surface area contributed by atoms with Gasteiger partial charge < -0.3 is 25.3 Å². The highest BCUT2D eigenvalue weighted by Crippen LogP contribution is 2.46. The van der Waals surface area contributed by atoms with Gasteiger partial charge in [-0.25, -0.2) is 4.39 Å². The highest BCUT2D eigenvalue weighted by atomic mass is 19.1. The van der Waals surface area contributed by atoms with Crippen LogP contribution in [0.5, 0.6) is 17.2 Å². The van der Waals surface area contributed by atoms with E-state index in [4.69, 9.17) is 19.9 Å². The van der Waals surface area contributed by atoms with Gasteiger partial charge in [0.15, 0.2) is 17.2 Å². The molecule has 3 N–H and O–H groups in total. The van der Waals surface area contributed by atoms with E-state index in [0.717, 1.165) is 6.42 Å².